The van der Waals surface area contributed by atoms with Crippen molar-refractivity contribution in [2.24, 2.45) is 5.41 Å². The number of aryl methyl sites for hydroxylation is 1. The fourth-order valence-electron chi connectivity index (χ4n) is 3.88. The molecule has 6 heteroatoms. The summed E-state index contributed by atoms with van der Waals surface area (Å²) in [6.45, 7) is 5.13. The molecule has 2 heterocycles. The highest BCUT2D eigenvalue weighted by molar-refractivity contribution is 7.12. The monoisotopic (exact) mass is 401 g/mol. The lowest BCUT2D eigenvalue weighted by atomic mass is 9.75. The first-order valence-electron chi connectivity index (χ1n) is 9.62. The topological polar surface area (TPSA) is 55.8 Å². The number of carbonyl (C=O) groups is 2. The third-order valence-electron chi connectivity index (χ3n) is 5.31. The zero-order valence-corrected chi connectivity index (χ0v) is 17.5. The van der Waals surface area contributed by atoms with Crippen molar-refractivity contribution in [1.29, 1.82) is 0 Å². The zero-order chi connectivity index (χ0) is 20.1. The van der Waals surface area contributed by atoms with E-state index in [1.165, 1.54) is 11.3 Å². The van der Waals surface area contributed by atoms with E-state index in [9.17, 15) is 9.59 Å². The van der Waals surface area contributed by atoms with Gasteiger partial charge < -0.3 is 14.4 Å². The summed E-state index contributed by atoms with van der Waals surface area (Å²) < 4.78 is 10.8. The van der Waals surface area contributed by atoms with Crippen molar-refractivity contribution in [2.45, 2.75) is 33.1 Å². The van der Waals surface area contributed by atoms with Crippen LogP contribution >= 0.6 is 11.3 Å². The van der Waals surface area contributed by atoms with Gasteiger partial charge >= 0.3 is 5.97 Å². The molecule has 0 N–H and O–H groups in total. The molecule has 0 radical (unpaired) electrons. The second-order valence-electron chi connectivity index (χ2n) is 7.29. The van der Waals surface area contributed by atoms with Gasteiger partial charge in [0.05, 0.1) is 24.0 Å². The van der Waals surface area contributed by atoms with Crippen LogP contribution in [0.3, 0.4) is 0 Å². The molecular weight excluding hydrogens is 374 g/mol. The van der Waals surface area contributed by atoms with Crippen molar-refractivity contribution in [3.8, 4) is 5.75 Å². The standard InChI is InChI=1S/C22H27NO4S/c1-4-27-21(25)22(14-17-7-5-8-18(13-17)26-3)10-6-11-23(15-22)20(24)19-16(2)9-12-28-19/h5,7-9,12-13H,4,6,10-11,14-15H2,1-3H3/t22-/m0/s1. The van der Waals surface area contributed by atoms with Crippen molar-refractivity contribution in [3.63, 3.8) is 0 Å². The van der Waals surface area contributed by atoms with Crippen LogP contribution in [0.2, 0.25) is 0 Å². The Balaban J connectivity index is 1.89. The molecule has 1 saturated heterocycles. The Bertz CT molecular complexity index is 847. The summed E-state index contributed by atoms with van der Waals surface area (Å²) in [6, 6.07) is 9.71. The first-order chi connectivity index (χ1) is 13.5. The van der Waals surface area contributed by atoms with Crippen LogP contribution in [0.15, 0.2) is 35.7 Å². The average molecular weight is 402 g/mol. The minimum Gasteiger partial charge on any atom is -0.497 e. The van der Waals surface area contributed by atoms with Gasteiger partial charge in [0.25, 0.3) is 5.91 Å². The Hall–Kier alpha value is -2.34. The lowest BCUT2D eigenvalue weighted by Gasteiger charge is -2.41. The Morgan fingerprint density at radius 3 is 2.79 bits per heavy atom. The third-order valence-corrected chi connectivity index (χ3v) is 6.31. The fourth-order valence-corrected chi connectivity index (χ4v) is 4.77. The highest BCUT2D eigenvalue weighted by Gasteiger charge is 2.45. The largest absolute Gasteiger partial charge is 0.497 e. The van der Waals surface area contributed by atoms with E-state index in [4.69, 9.17) is 9.47 Å². The van der Waals surface area contributed by atoms with Crippen LogP contribution in [0.25, 0.3) is 0 Å². The van der Waals surface area contributed by atoms with Crippen molar-refractivity contribution < 1.29 is 19.1 Å². The highest BCUT2D eigenvalue weighted by Crippen LogP contribution is 2.37. The quantitative estimate of drug-likeness (QED) is 0.684. The third kappa shape index (κ3) is 4.22. The maximum absolute atomic E-state index is 13.1. The molecule has 1 fully saturated rings. The zero-order valence-electron chi connectivity index (χ0n) is 16.7. The van der Waals surface area contributed by atoms with E-state index in [1.54, 1.807) is 7.11 Å². The molecule has 28 heavy (non-hydrogen) atoms. The minimum absolute atomic E-state index is 0.00603. The molecule has 1 aliphatic heterocycles. The molecule has 1 amide bonds. The van der Waals surface area contributed by atoms with E-state index in [2.05, 4.69) is 0 Å². The number of hydrogen-bond acceptors (Lipinski definition) is 5. The number of nitrogens with zero attached hydrogens (tertiary/aromatic N) is 1. The van der Waals surface area contributed by atoms with Crippen LogP contribution in [0.4, 0.5) is 0 Å². The second-order valence-corrected chi connectivity index (χ2v) is 8.21. The molecule has 5 nitrogen and oxygen atoms in total. The van der Waals surface area contributed by atoms with Crippen LogP contribution < -0.4 is 4.74 Å². The summed E-state index contributed by atoms with van der Waals surface area (Å²) >= 11 is 1.46. The number of rotatable bonds is 6. The summed E-state index contributed by atoms with van der Waals surface area (Å²) in [5.41, 5.74) is 1.26. The Morgan fingerprint density at radius 1 is 1.29 bits per heavy atom. The number of ether oxygens (including phenoxy) is 2. The van der Waals surface area contributed by atoms with Crippen LogP contribution in [-0.2, 0) is 16.0 Å². The molecule has 1 aromatic heterocycles. The van der Waals surface area contributed by atoms with Crippen LogP contribution in [-0.4, -0.2) is 43.6 Å². The van der Waals surface area contributed by atoms with E-state index >= 15 is 0 Å². The average Bonchev–Trinajstić information content (AvgIpc) is 3.13. The Labute approximate surface area is 170 Å². The molecule has 0 unspecified atom stereocenters. The molecule has 0 saturated carbocycles. The van der Waals surface area contributed by atoms with E-state index < -0.39 is 5.41 Å². The van der Waals surface area contributed by atoms with E-state index in [-0.39, 0.29) is 11.9 Å². The smallest absolute Gasteiger partial charge is 0.314 e. The lowest BCUT2D eigenvalue weighted by molar-refractivity contribution is -0.158. The Kier molecular flexibility index (Phi) is 6.39. The molecule has 150 valence electrons. The van der Waals surface area contributed by atoms with Crippen molar-refractivity contribution in [3.05, 3.63) is 51.7 Å². The van der Waals surface area contributed by atoms with Crippen molar-refractivity contribution >= 4 is 23.2 Å². The van der Waals surface area contributed by atoms with Crippen molar-refractivity contribution in [1.82, 2.24) is 4.90 Å². The molecule has 1 atom stereocenters. The number of esters is 1. The predicted molar refractivity (Wildman–Crippen MR) is 110 cm³/mol. The van der Waals surface area contributed by atoms with E-state index in [0.29, 0.717) is 32.5 Å². The number of amides is 1. The van der Waals surface area contributed by atoms with E-state index in [1.807, 2.05) is 54.5 Å². The van der Waals surface area contributed by atoms with Gasteiger partial charge in [-0.15, -0.1) is 11.3 Å². The van der Waals surface area contributed by atoms with Crippen LogP contribution in [0.5, 0.6) is 5.75 Å². The van der Waals surface area contributed by atoms with Crippen molar-refractivity contribution in [2.75, 3.05) is 26.8 Å². The molecule has 3 rings (SSSR count). The second kappa shape index (κ2) is 8.78. The molecule has 1 aromatic carbocycles. The van der Waals surface area contributed by atoms with Gasteiger partial charge in [-0.3, -0.25) is 9.59 Å². The fraction of sp³-hybridized carbons (Fsp3) is 0.455. The SMILES string of the molecule is CCOC(=O)[C@]1(Cc2cccc(OC)c2)CCCN(C(=O)c2sccc2C)C1. The first-order valence-corrected chi connectivity index (χ1v) is 10.5. The number of hydrogen-bond donors (Lipinski definition) is 0. The van der Waals surface area contributed by atoms with Gasteiger partial charge in [0.2, 0.25) is 0 Å². The number of piperidine rings is 1. The summed E-state index contributed by atoms with van der Waals surface area (Å²) in [6.07, 6.45) is 2.01. The number of methoxy groups -OCH3 is 1. The normalized spacial score (nSPS) is 19.3. The number of carbonyl (C=O) groups excluding carboxylic acids is 2. The number of benzene rings is 1. The van der Waals surface area contributed by atoms with Gasteiger partial charge in [-0.25, -0.2) is 0 Å². The first kappa shape index (κ1) is 20.4. The summed E-state index contributed by atoms with van der Waals surface area (Å²) in [7, 11) is 1.63. The molecule has 0 aliphatic carbocycles. The van der Waals surface area contributed by atoms with Gasteiger partial charge in [-0.1, -0.05) is 12.1 Å². The summed E-state index contributed by atoms with van der Waals surface area (Å²) in [5, 5.41) is 1.93. The maximum Gasteiger partial charge on any atom is 0.314 e. The molecule has 0 spiro atoms. The lowest BCUT2D eigenvalue weighted by Crippen LogP contribution is -2.51. The molecule has 1 aliphatic rings. The minimum atomic E-state index is -0.735. The highest BCUT2D eigenvalue weighted by atomic mass is 32.1. The summed E-state index contributed by atoms with van der Waals surface area (Å²) in [4.78, 5) is 28.6. The molecule has 2 aromatic rings. The van der Waals surface area contributed by atoms with Gasteiger partial charge in [-0.2, -0.15) is 0 Å². The maximum atomic E-state index is 13.1. The van der Waals surface area contributed by atoms with Gasteiger partial charge in [0.1, 0.15) is 5.75 Å². The van der Waals surface area contributed by atoms with Gasteiger partial charge in [0, 0.05) is 13.1 Å². The van der Waals surface area contributed by atoms with Gasteiger partial charge in [-0.05, 0) is 67.8 Å². The molecular formula is C22H27NO4S. The predicted octanol–water partition coefficient (Wildman–Crippen LogP) is 4.09. The summed E-state index contributed by atoms with van der Waals surface area (Å²) in [5.74, 6) is 0.541. The van der Waals surface area contributed by atoms with Crippen LogP contribution in [0, 0.1) is 12.3 Å². The molecule has 0 bridgehead atoms. The van der Waals surface area contributed by atoms with Crippen LogP contribution in [0.1, 0.15) is 40.6 Å². The number of likely N-dealkylation sites (tertiary alicyclic amines) is 1. The van der Waals surface area contributed by atoms with E-state index in [0.717, 1.165) is 28.2 Å². The van der Waals surface area contributed by atoms with Gasteiger partial charge in [0.15, 0.2) is 0 Å². The number of thiophene rings is 1. The Morgan fingerprint density at radius 2 is 2.11 bits per heavy atom.